The standard InChI is InChI=1S/C57H77N9O8/c1-32(58)49(68)63-47(56(3,4)5)54(73)65-30-39(28-44(65)46(67)27-38-19-13-17-34-15-9-11-20-41(34)38)60-51(70)36-23-25-37(26-24-36)52(71)61-40-29-45(53(72)62-43-22-14-18-35-16-10-12-21-42(35)43)66(31-40)55(74)48(57(6,7)8)64-50(69)33(2)59/h9-12,15-16,20-21,23-26,32-33,38-40,43-45,47-48H,13-14,17-19,22,27-31,58-59H2,1-8H3,(H,60,70)(H,61,71)(H,62,72)(H,63,68)(H,64,69)/t32-,33-,38-,39?,40-,43+,44-,45-,47+,48+/m0/s1. The number of rotatable bonds is 15. The fourth-order valence-corrected chi connectivity index (χ4v) is 11.0. The van der Waals surface area contributed by atoms with Crippen LogP contribution >= 0.6 is 0 Å². The first-order valence-electron chi connectivity index (χ1n) is 26.3. The van der Waals surface area contributed by atoms with Crippen molar-refractivity contribution in [1.82, 2.24) is 36.4 Å². The van der Waals surface area contributed by atoms with Crippen LogP contribution in [-0.4, -0.2) is 118 Å². The zero-order valence-electron chi connectivity index (χ0n) is 44.3. The lowest BCUT2D eigenvalue weighted by molar-refractivity contribution is -0.144. The van der Waals surface area contributed by atoms with E-state index in [0.717, 1.165) is 55.2 Å². The second kappa shape index (κ2) is 23.0. The Kier molecular flexibility index (Phi) is 17.2. The quantitative estimate of drug-likeness (QED) is 0.115. The van der Waals surface area contributed by atoms with E-state index in [4.69, 9.17) is 11.5 Å². The van der Waals surface area contributed by atoms with Crippen molar-refractivity contribution in [1.29, 1.82) is 0 Å². The number of nitrogens with zero attached hydrogens (tertiary/aromatic N) is 2. The Morgan fingerprint density at radius 3 is 1.50 bits per heavy atom. The van der Waals surface area contributed by atoms with Crippen molar-refractivity contribution in [2.75, 3.05) is 13.1 Å². The molecule has 0 radical (unpaired) electrons. The molecule has 3 aromatic rings. The maximum absolute atomic E-state index is 14.5. The lowest BCUT2D eigenvalue weighted by Crippen LogP contribution is -2.59. The van der Waals surface area contributed by atoms with Gasteiger partial charge in [0.25, 0.3) is 11.8 Å². The van der Waals surface area contributed by atoms with E-state index in [0.29, 0.717) is 0 Å². The number of nitrogens with one attached hydrogen (secondary N) is 5. The summed E-state index contributed by atoms with van der Waals surface area (Å²) in [5.74, 6) is -3.33. The highest BCUT2D eigenvalue weighted by molar-refractivity contribution is 5.99. The smallest absolute Gasteiger partial charge is 0.251 e. The summed E-state index contributed by atoms with van der Waals surface area (Å²) < 4.78 is 0. The van der Waals surface area contributed by atoms with Gasteiger partial charge in [-0.2, -0.15) is 0 Å². The minimum absolute atomic E-state index is 0.00159. The summed E-state index contributed by atoms with van der Waals surface area (Å²) in [6.07, 6.45) is 5.76. The van der Waals surface area contributed by atoms with E-state index in [9.17, 15) is 38.4 Å². The Morgan fingerprint density at radius 2 is 1.01 bits per heavy atom. The second-order valence-electron chi connectivity index (χ2n) is 23.2. The Morgan fingerprint density at radius 1 is 0.581 bits per heavy atom. The Hall–Kier alpha value is -6.46. The van der Waals surface area contributed by atoms with Crippen LogP contribution in [0.3, 0.4) is 0 Å². The molecule has 17 heteroatoms. The van der Waals surface area contributed by atoms with Crippen molar-refractivity contribution < 1.29 is 38.4 Å². The Labute approximate surface area is 435 Å². The van der Waals surface area contributed by atoms with Gasteiger partial charge in [-0.25, -0.2) is 0 Å². The number of aryl methyl sites for hydroxylation is 2. The van der Waals surface area contributed by atoms with E-state index in [1.54, 1.807) is 0 Å². The molecule has 0 bridgehead atoms. The maximum Gasteiger partial charge on any atom is 0.251 e. The van der Waals surface area contributed by atoms with Crippen molar-refractivity contribution in [2.45, 2.75) is 173 Å². The summed E-state index contributed by atoms with van der Waals surface area (Å²) in [4.78, 5) is 114. The fourth-order valence-electron chi connectivity index (χ4n) is 11.0. The predicted octanol–water partition coefficient (Wildman–Crippen LogP) is 4.11. The number of Topliss-reactive ketones (excluding diaryl/α,β-unsaturated/α-hetero) is 1. The number of likely N-dealkylation sites (tertiary alicyclic amines) is 2. The lowest BCUT2D eigenvalue weighted by atomic mass is 9.79. The zero-order chi connectivity index (χ0) is 53.8. The number of nitrogens with two attached hydrogens (primary N) is 2. The summed E-state index contributed by atoms with van der Waals surface area (Å²) in [5, 5.41) is 14.9. The molecule has 2 saturated heterocycles. The first kappa shape index (κ1) is 55.3. The van der Waals surface area contributed by atoms with Crippen LogP contribution in [-0.2, 0) is 41.6 Å². The summed E-state index contributed by atoms with van der Waals surface area (Å²) in [5.41, 5.74) is 15.3. The van der Waals surface area contributed by atoms with Crippen molar-refractivity contribution in [2.24, 2.45) is 22.3 Å². The number of hydrogen-bond acceptors (Lipinski definition) is 10. The molecule has 7 rings (SSSR count). The Balaban J connectivity index is 1.05. The van der Waals surface area contributed by atoms with Gasteiger partial charge in [-0.05, 0) is 128 Å². The van der Waals surface area contributed by atoms with Crippen LogP contribution in [0.1, 0.15) is 155 Å². The number of benzene rings is 3. The van der Waals surface area contributed by atoms with Gasteiger partial charge in [0, 0.05) is 42.7 Å². The molecule has 2 aliphatic heterocycles. The molecule has 1 unspecified atom stereocenters. The topological polar surface area (TPSA) is 255 Å². The lowest BCUT2D eigenvalue weighted by Gasteiger charge is -2.36. The minimum Gasteiger partial charge on any atom is -0.347 e. The monoisotopic (exact) mass is 1020 g/mol. The highest BCUT2D eigenvalue weighted by Crippen LogP contribution is 2.37. The zero-order valence-corrected chi connectivity index (χ0v) is 44.3. The number of hydrogen-bond donors (Lipinski definition) is 7. The van der Waals surface area contributed by atoms with E-state index < -0.39 is 94.6 Å². The maximum atomic E-state index is 14.5. The van der Waals surface area contributed by atoms with E-state index in [-0.39, 0.29) is 67.1 Å². The molecule has 2 aliphatic carbocycles. The number of amides is 7. The first-order valence-corrected chi connectivity index (χ1v) is 26.3. The van der Waals surface area contributed by atoms with Gasteiger partial charge in [-0.3, -0.25) is 38.4 Å². The van der Waals surface area contributed by atoms with E-state index in [1.165, 1.54) is 53.5 Å². The second-order valence-corrected chi connectivity index (χ2v) is 23.2. The molecule has 3 aromatic carbocycles. The summed E-state index contributed by atoms with van der Waals surface area (Å²) >= 11 is 0. The molecule has 398 valence electrons. The average Bonchev–Trinajstić information content (AvgIpc) is 3.98. The van der Waals surface area contributed by atoms with Crippen LogP contribution in [0.4, 0.5) is 0 Å². The predicted molar refractivity (Wildman–Crippen MR) is 281 cm³/mol. The number of carbonyl (C=O) groups excluding carboxylic acids is 8. The van der Waals surface area contributed by atoms with Crippen LogP contribution in [0, 0.1) is 10.8 Å². The van der Waals surface area contributed by atoms with Crippen LogP contribution in [0.15, 0.2) is 72.8 Å². The molecule has 0 aromatic heterocycles. The van der Waals surface area contributed by atoms with Gasteiger partial charge in [0.2, 0.25) is 29.5 Å². The highest BCUT2D eigenvalue weighted by atomic mass is 16.2. The minimum atomic E-state index is -1.02. The molecule has 2 fully saturated rings. The van der Waals surface area contributed by atoms with Crippen molar-refractivity contribution in [3.8, 4) is 0 Å². The third-order valence-corrected chi connectivity index (χ3v) is 15.2. The third kappa shape index (κ3) is 12.9. The van der Waals surface area contributed by atoms with Crippen LogP contribution in [0.5, 0.6) is 0 Å². The summed E-state index contributed by atoms with van der Waals surface area (Å²) in [6, 6.07) is 15.1. The molecule has 2 heterocycles. The largest absolute Gasteiger partial charge is 0.347 e. The van der Waals surface area contributed by atoms with E-state index >= 15 is 0 Å². The molecule has 0 spiro atoms. The van der Waals surface area contributed by atoms with Gasteiger partial charge < -0.3 is 47.9 Å². The fraction of sp³-hybridized carbons (Fsp3) is 0.544. The van der Waals surface area contributed by atoms with Crippen LogP contribution in [0.25, 0.3) is 0 Å². The van der Waals surface area contributed by atoms with Crippen molar-refractivity contribution >= 4 is 47.1 Å². The molecule has 17 nitrogen and oxygen atoms in total. The third-order valence-electron chi connectivity index (χ3n) is 15.2. The number of carbonyl (C=O) groups is 8. The van der Waals surface area contributed by atoms with Gasteiger partial charge in [-0.1, -0.05) is 90.1 Å². The van der Waals surface area contributed by atoms with Gasteiger partial charge in [0.05, 0.1) is 24.2 Å². The van der Waals surface area contributed by atoms with Crippen molar-refractivity contribution in [3.05, 3.63) is 106 Å². The van der Waals surface area contributed by atoms with Gasteiger partial charge in [0.15, 0.2) is 5.78 Å². The SMILES string of the molecule is C[C@H](N)C(=O)N[C@H](C(=O)N1CC(NC(=O)c2ccc(C(=O)N[C@H]3C[C@@H](C(=O)N[C@@H]4CCCc5ccccc54)N(C(=O)[C@@H](NC(=O)[C@H](C)N)C(C)(C)C)C3)cc2)C[C@H]1C(=O)C[C@@H]1CCCc2ccccc21)C(C)(C)C. The van der Waals surface area contributed by atoms with Gasteiger partial charge >= 0.3 is 0 Å². The number of fused-ring (bicyclic) bond motifs is 2. The normalized spacial score (nSPS) is 23.2. The highest BCUT2D eigenvalue weighted by Gasteiger charge is 2.48. The summed E-state index contributed by atoms with van der Waals surface area (Å²) in [7, 11) is 0. The summed E-state index contributed by atoms with van der Waals surface area (Å²) in [6.45, 7) is 14.1. The molecule has 7 amide bonds. The molecule has 0 saturated carbocycles. The molecule has 4 aliphatic rings. The Bertz CT molecular complexity index is 2430. The molecular weight excluding hydrogens is 939 g/mol. The van der Waals surface area contributed by atoms with Gasteiger partial charge in [-0.15, -0.1) is 0 Å². The first-order chi connectivity index (χ1) is 34.9. The van der Waals surface area contributed by atoms with Gasteiger partial charge in [0.1, 0.15) is 18.1 Å². The number of ketones is 1. The molecule has 10 atom stereocenters. The molecular formula is C57H77N9O8. The van der Waals surface area contributed by atoms with E-state index in [2.05, 4.69) is 44.8 Å². The van der Waals surface area contributed by atoms with Crippen molar-refractivity contribution in [3.63, 3.8) is 0 Å². The molecule has 74 heavy (non-hydrogen) atoms. The average molecular weight is 1020 g/mol. The molecule has 9 N–H and O–H groups in total. The van der Waals surface area contributed by atoms with Crippen LogP contribution < -0.4 is 38.1 Å². The van der Waals surface area contributed by atoms with Crippen LogP contribution in [0.2, 0.25) is 0 Å². The van der Waals surface area contributed by atoms with E-state index in [1.807, 2.05) is 71.9 Å².